The minimum atomic E-state index is 0.0197. The zero-order valence-electron chi connectivity index (χ0n) is 8.16. The number of benzene rings is 1. The van der Waals surface area contributed by atoms with Crippen LogP contribution in [0.4, 0.5) is 0 Å². The fourth-order valence-corrected chi connectivity index (χ4v) is 1.88. The highest BCUT2D eigenvalue weighted by atomic mass is 16.2. The topological polar surface area (TPSA) is 55.1 Å². The maximum atomic E-state index is 11.5. The van der Waals surface area contributed by atoms with E-state index in [0.29, 0.717) is 0 Å². The number of rotatable bonds is 2. The van der Waals surface area contributed by atoms with Gasteiger partial charge in [-0.2, -0.15) is 0 Å². The van der Waals surface area contributed by atoms with Crippen LogP contribution in [0.5, 0.6) is 0 Å². The van der Waals surface area contributed by atoms with Gasteiger partial charge >= 0.3 is 0 Å². The lowest BCUT2D eigenvalue weighted by Gasteiger charge is -2.13. The van der Waals surface area contributed by atoms with Crippen LogP contribution in [0.15, 0.2) is 24.3 Å². The minimum Gasteiger partial charge on any atom is -0.345 e. The zero-order valence-corrected chi connectivity index (χ0v) is 8.16. The Kier molecular flexibility index (Phi) is 2.25. The van der Waals surface area contributed by atoms with Crippen LogP contribution in [0.2, 0.25) is 0 Å². The van der Waals surface area contributed by atoms with Gasteiger partial charge in [0.05, 0.1) is 6.04 Å². The Morgan fingerprint density at radius 1 is 1.50 bits per heavy atom. The highest BCUT2D eigenvalue weighted by molar-refractivity contribution is 5.99. The molecule has 1 amide bonds. The van der Waals surface area contributed by atoms with E-state index in [2.05, 4.69) is 5.32 Å². The molecule has 14 heavy (non-hydrogen) atoms. The molecule has 0 bridgehead atoms. The molecule has 1 aliphatic heterocycles. The van der Waals surface area contributed by atoms with Crippen molar-refractivity contribution in [3.05, 3.63) is 35.4 Å². The van der Waals surface area contributed by atoms with E-state index < -0.39 is 0 Å². The van der Waals surface area contributed by atoms with E-state index in [1.54, 1.807) is 0 Å². The van der Waals surface area contributed by atoms with Gasteiger partial charge in [0.1, 0.15) is 0 Å². The van der Waals surface area contributed by atoms with Crippen LogP contribution in [-0.2, 0) is 0 Å². The van der Waals surface area contributed by atoms with E-state index in [0.717, 1.165) is 17.5 Å². The summed E-state index contributed by atoms with van der Waals surface area (Å²) in [6.45, 7) is 1.95. The second-order valence-corrected chi connectivity index (χ2v) is 3.83. The normalized spacial score (nSPS) is 21.6. The van der Waals surface area contributed by atoms with Crippen molar-refractivity contribution in [2.45, 2.75) is 25.4 Å². The average molecular weight is 190 g/mol. The Hall–Kier alpha value is -1.35. The summed E-state index contributed by atoms with van der Waals surface area (Å²) < 4.78 is 0. The van der Waals surface area contributed by atoms with Gasteiger partial charge in [0.2, 0.25) is 0 Å². The summed E-state index contributed by atoms with van der Waals surface area (Å²) in [6.07, 6.45) is 0.794. The van der Waals surface area contributed by atoms with Crippen molar-refractivity contribution in [2.24, 2.45) is 5.73 Å². The van der Waals surface area contributed by atoms with Crippen LogP contribution < -0.4 is 11.1 Å². The molecule has 3 nitrogen and oxygen atoms in total. The Morgan fingerprint density at radius 2 is 2.21 bits per heavy atom. The summed E-state index contributed by atoms with van der Waals surface area (Å²) in [4.78, 5) is 11.5. The third kappa shape index (κ3) is 1.51. The number of fused-ring (bicyclic) bond motifs is 1. The molecule has 3 heteroatoms. The number of carbonyl (C=O) groups excluding carboxylic acids is 1. The lowest BCUT2D eigenvalue weighted by Crippen LogP contribution is -2.26. The molecule has 2 rings (SSSR count). The summed E-state index contributed by atoms with van der Waals surface area (Å²) in [7, 11) is 0. The standard InChI is InChI=1S/C11H14N2O/c1-7(12)6-10-8-4-2-3-5-9(8)11(14)13-10/h2-5,7,10H,6,12H2,1H3,(H,13,14). The number of nitrogens with two attached hydrogens (primary N) is 1. The maximum Gasteiger partial charge on any atom is 0.252 e. The third-order valence-corrected chi connectivity index (χ3v) is 2.49. The zero-order chi connectivity index (χ0) is 10.1. The second-order valence-electron chi connectivity index (χ2n) is 3.83. The van der Waals surface area contributed by atoms with Gasteiger partial charge in [0.15, 0.2) is 0 Å². The predicted molar refractivity (Wildman–Crippen MR) is 54.9 cm³/mol. The molecular formula is C11H14N2O. The highest BCUT2D eigenvalue weighted by Gasteiger charge is 2.27. The number of amides is 1. The molecule has 2 unspecified atom stereocenters. The number of carbonyl (C=O) groups is 1. The molecule has 1 aromatic rings. The Morgan fingerprint density at radius 3 is 2.93 bits per heavy atom. The van der Waals surface area contributed by atoms with Crippen LogP contribution >= 0.6 is 0 Å². The first-order valence-electron chi connectivity index (χ1n) is 4.84. The molecule has 0 aromatic heterocycles. The van der Waals surface area contributed by atoms with Gasteiger partial charge in [-0.3, -0.25) is 4.79 Å². The summed E-state index contributed by atoms with van der Waals surface area (Å²) in [6, 6.07) is 7.87. The van der Waals surface area contributed by atoms with E-state index in [1.165, 1.54) is 0 Å². The summed E-state index contributed by atoms with van der Waals surface area (Å²) >= 11 is 0. The first-order chi connectivity index (χ1) is 6.68. The Balaban J connectivity index is 2.30. The number of hydrogen-bond acceptors (Lipinski definition) is 2. The molecule has 74 valence electrons. The molecule has 3 N–H and O–H groups in total. The lowest BCUT2D eigenvalue weighted by molar-refractivity contribution is 0.0954. The van der Waals surface area contributed by atoms with Crippen molar-refractivity contribution in [1.29, 1.82) is 0 Å². The Labute approximate surface area is 83.3 Å². The van der Waals surface area contributed by atoms with E-state index >= 15 is 0 Å². The molecule has 0 saturated heterocycles. The van der Waals surface area contributed by atoms with E-state index in [-0.39, 0.29) is 18.0 Å². The van der Waals surface area contributed by atoms with Crippen LogP contribution in [0.1, 0.15) is 35.3 Å². The Bertz CT molecular complexity index is 360. The van der Waals surface area contributed by atoms with Gasteiger partial charge in [-0.05, 0) is 25.0 Å². The van der Waals surface area contributed by atoms with Crippen molar-refractivity contribution in [3.63, 3.8) is 0 Å². The van der Waals surface area contributed by atoms with Crippen LogP contribution in [-0.4, -0.2) is 11.9 Å². The number of nitrogens with one attached hydrogen (secondary N) is 1. The number of hydrogen-bond donors (Lipinski definition) is 2. The van der Waals surface area contributed by atoms with Crippen LogP contribution in [0.25, 0.3) is 0 Å². The largest absolute Gasteiger partial charge is 0.345 e. The maximum absolute atomic E-state index is 11.5. The average Bonchev–Trinajstić information content (AvgIpc) is 2.44. The lowest BCUT2D eigenvalue weighted by atomic mass is 10.00. The summed E-state index contributed by atoms with van der Waals surface area (Å²) in [5, 5.41) is 2.93. The smallest absolute Gasteiger partial charge is 0.252 e. The monoisotopic (exact) mass is 190 g/mol. The van der Waals surface area contributed by atoms with E-state index in [1.807, 2.05) is 31.2 Å². The molecule has 0 radical (unpaired) electrons. The van der Waals surface area contributed by atoms with Gasteiger partial charge in [-0.1, -0.05) is 18.2 Å². The van der Waals surface area contributed by atoms with Gasteiger partial charge in [-0.25, -0.2) is 0 Å². The first-order valence-corrected chi connectivity index (χ1v) is 4.84. The molecule has 0 spiro atoms. The van der Waals surface area contributed by atoms with Gasteiger partial charge in [0, 0.05) is 11.6 Å². The van der Waals surface area contributed by atoms with E-state index in [9.17, 15) is 4.79 Å². The van der Waals surface area contributed by atoms with Crippen molar-refractivity contribution in [3.8, 4) is 0 Å². The van der Waals surface area contributed by atoms with Crippen molar-refractivity contribution < 1.29 is 4.79 Å². The molecular weight excluding hydrogens is 176 g/mol. The fourth-order valence-electron chi connectivity index (χ4n) is 1.88. The van der Waals surface area contributed by atoms with Gasteiger partial charge in [0.25, 0.3) is 5.91 Å². The van der Waals surface area contributed by atoms with Crippen molar-refractivity contribution in [2.75, 3.05) is 0 Å². The van der Waals surface area contributed by atoms with Crippen LogP contribution in [0.3, 0.4) is 0 Å². The SMILES string of the molecule is CC(N)CC1NC(=O)c2ccccc21. The molecule has 1 aliphatic rings. The predicted octanol–water partition coefficient (Wildman–Crippen LogP) is 1.21. The van der Waals surface area contributed by atoms with Crippen molar-refractivity contribution in [1.82, 2.24) is 5.32 Å². The fraction of sp³-hybridized carbons (Fsp3) is 0.364. The third-order valence-electron chi connectivity index (χ3n) is 2.49. The molecule has 1 heterocycles. The van der Waals surface area contributed by atoms with Crippen molar-refractivity contribution >= 4 is 5.91 Å². The highest BCUT2D eigenvalue weighted by Crippen LogP contribution is 2.27. The second kappa shape index (κ2) is 3.42. The quantitative estimate of drug-likeness (QED) is 0.736. The van der Waals surface area contributed by atoms with Gasteiger partial charge < -0.3 is 11.1 Å². The minimum absolute atomic E-state index is 0.0197. The van der Waals surface area contributed by atoms with Gasteiger partial charge in [-0.15, -0.1) is 0 Å². The molecule has 0 aliphatic carbocycles. The summed E-state index contributed by atoms with van der Waals surface area (Å²) in [5.41, 5.74) is 7.59. The van der Waals surface area contributed by atoms with E-state index in [4.69, 9.17) is 5.73 Å². The van der Waals surface area contributed by atoms with Crippen LogP contribution in [0, 0.1) is 0 Å². The molecule has 2 atom stereocenters. The molecule has 1 aromatic carbocycles. The first kappa shape index (κ1) is 9.21. The molecule has 0 saturated carbocycles. The molecule has 0 fully saturated rings. The summed E-state index contributed by atoms with van der Waals surface area (Å²) in [5.74, 6) is 0.0197.